The van der Waals surface area contributed by atoms with Crippen molar-refractivity contribution in [2.45, 2.75) is 0 Å². The van der Waals surface area contributed by atoms with Crippen molar-refractivity contribution < 1.29 is 8.42 Å². The van der Waals surface area contributed by atoms with E-state index < -0.39 is 10.5 Å². The second kappa shape index (κ2) is 6.66. The molecular formula is C4H11N3O2S. The monoisotopic (exact) mass is 165 g/mol. The van der Waals surface area contributed by atoms with Crippen LogP contribution in [0.4, 0.5) is 0 Å². The van der Waals surface area contributed by atoms with Gasteiger partial charge in [0, 0.05) is 19.6 Å². The second-order valence-electron chi connectivity index (χ2n) is 1.61. The van der Waals surface area contributed by atoms with E-state index in [0.717, 1.165) is 0 Å². The zero-order valence-electron chi connectivity index (χ0n) is 5.58. The van der Waals surface area contributed by atoms with Gasteiger partial charge in [-0.3, -0.25) is 0 Å². The summed E-state index contributed by atoms with van der Waals surface area (Å²) in [7, 11) is -2.27. The Morgan fingerprint density at radius 2 is 2.10 bits per heavy atom. The van der Waals surface area contributed by atoms with Gasteiger partial charge in [0.2, 0.25) is 0 Å². The highest BCUT2D eigenvalue weighted by atomic mass is 32.2. The first-order chi connectivity index (χ1) is 4.77. The molecule has 0 aromatic carbocycles. The minimum absolute atomic E-state index is 0.288. The van der Waals surface area contributed by atoms with Crippen LogP contribution in [-0.4, -0.2) is 34.6 Å². The molecule has 0 atom stereocenters. The third-order valence-corrected chi connectivity index (χ3v) is 1.20. The Labute approximate surface area is 61.3 Å². The summed E-state index contributed by atoms with van der Waals surface area (Å²) in [4.78, 5) is 0. The highest BCUT2D eigenvalue weighted by Gasteiger charge is 1.81. The van der Waals surface area contributed by atoms with Gasteiger partial charge in [-0.1, -0.05) is 0 Å². The highest BCUT2D eigenvalue weighted by molar-refractivity contribution is 7.61. The maximum atomic E-state index is 9.81. The van der Waals surface area contributed by atoms with Crippen molar-refractivity contribution >= 4 is 10.5 Å². The number of nitrogens with two attached hydrogens (primary N) is 1. The fourth-order valence-electron chi connectivity index (χ4n) is 0.426. The van der Waals surface area contributed by atoms with Gasteiger partial charge in [-0.25, -0.2) is 0 Å². The van der Waals surface area contributed by atoms with E-state index in [4.69, 9.17) is 5.73 Å². The Hall–Kier alpha value is -0.460. The lowest BCUT2D eigenvalue weighted by molar-refractivity contribution is 0.618. The first kappa shape index (κ1) is 9.54. The Morgan fingerprint density at radius 3 is 2.60 bits per heavy atom. The molecule has 0 bridgehead atoms. The first-order valence-corrected chi connectivity index (χ1v) is 3.98. The third kappa shape index (κ3) is 7.54. The second-order valence-corrected chi connectivity index (χ2v) is 2.30. The summed E-state index contributed by atoms with van der Waals surface area (Å²) in [6, 6.07) is 0. The SMILES string of the molecule is NCCNCCN=S(=O)=O. The van der Waals surface area contributed by atoms with Crippen molar-refractivity contribution in [3.05, 3.63) is 0 Å². The van der Waals surface area contributed by atoms with Gasteiger partial charge < -0.3 is 11.1 Å². The molecule has 0 aliphatic heterocycles. The average Bonchev–Trinajstić information content (AvgIpc) is 1.87. The van der Waals surface area contributed by atoms with Gasteiger partial charge in [-0.15, -0.1) is 0 Å². The summed E-state index contributed by atoms with van der Waals surface area (Å²) in [5, 5.41) is 2.90. The molecule has 0 aliphatic rings. The number of nitrogens with one attached hydrogen (secondary N) is 1. The van der Waals surface area contributed by atoms with Crippen LogP contribution in [0.25, 0.3) is 0 Å². The normalized spacial score (nSPS) is 9.30. The van der Waals surface area contributed by atoms with E-state index in [2.05, 4.69) is 9.68 Å². The molecule has 3 N–H and O–H groups in total. The molecule has 0 fully saturated rings. The van der Waals surface area contributed by atoms with E-state index in [1.807, 2.05) is 0 Å². The summed E-state index contributed by atoms with van der Waals surface area (Å²) in [5.41, 5.74) is 5.16. The van der Waals surface area contributed by atoms with Gasteiger partial charge in [0.15, 0.2) is 0 Å². The van der Waals surface area contributed by atoms with Crippen molar-refractivity contribution in [1.29, 1.82) is 0 Å². The fraction of sp³-hybridized carbons (Fsp3) is 1.00. The van der Waals surface area contributed by atoms with Crippen LogP contribution in [0.2, 0.25) is 0 Å². The summed E-state index contributed by atoms with van der Waals surface area (Å²) in [6.07, 6.45) is 0. The molecule has 0 rings (SSSR count). The molecule has 0 saturated heterocycles. The maximum absolute atomic E-state index is 9.81. The zero-order valence-corrected chi connectivity index (χ0v) is 6.39. The van der Waals surface area contributed by atoms with Crippen LogP contribution >= 0.6 is 0 Å². The van der Waals surface area contributed by atoms with Gasteiger partial charge in [0.25, 0.3) is 0 Å². The molecule has 0 aromatic heterocycles. The maximum Gasteiger partial charge on any atom is 0.311 e. The minimum atomic E-state index is -2.27. The highest BCUT2D eigenvalue weighted by Crippen LogP contribution is 1.64. The predicted molar refractivity (Wildman–Crippen MR) is 38.1 cm³/mol. The van der Waals surface area contributed by atoms with E-state index in [1.165, 1.54) is 0 Å². The number of hydrogen-bond donors (Lipinski definition) is 2. The molecule has 0 aromatic rings. The molecule has 0 spiro atoms. The summed E-state index contributed by atoms with van der Waals surface area (Å²) in [6.45, 7) is 2.10. The molecule has 0 aliphatic carbocycles. The van der Waals surface area contributed by atoms with Crippen molar-refractivity contribution in [1.82, 2.24) is 5.32 Å². The van der Waals surface area contributed by atoms with Crippen LogP contribution in [0, 0.1) is 0 Å². The molecule has 0 radical (unpaired) electrons. The van der Waals surface area contributed by atoms with Crippen molar-refractivity contribution in [2.75, 3.05) is 26.2 Å². The van der Waals surface area contributed by atoms with Gasteiger partial charge in [-0.2, -0.15) is 12.8 Å². The van der Waals surface area contributed by atoms with E-state index in [9.17, 15) is 8.42 Å². The van der Waals surface area contributed by atoms with E-state index in [1.54, 1.807) is 0 Å². The molecule has 6 heteroatoms. The molecule has 0 unspecified atom stereocenters. The van der Waals surface area contributed by atoms with Gasteiger partial charge >= 0.3 is 10.5 Å². The Bertz CT molecular complexity index is 179. The van der Waals surface area contributed by atoms with E-state index >= 15 is 0 Å². The van der Waals surface area contributed by atoms with E-state index in [0.29, 0.717) is 19.6 Å². The van der Waals surface area contributed by atoms with Gasteiger partial charge in [0.05, 0.1) is 6.54 Å². The summed E-state index contributed by atoms with van der Waals surface area (Å²) < 4.78 is 22.8. The average molecular weight is 165 g/mol. The Balaban J connectivity index is 3.14. The Kier molecular flexibility index (Phi) is 6.35. The molecule has 10 heavy (non-hydrogen) atoms. The molecular weight excluding hydrogens is 154 g/mol. The lowest BCUT2D eigenvalue weighted by atomic mass is 10.6. The largest absolute Gasteiger partial charge is 0.329 e. The fourth-order valence-corrected chi connectivity index (χ4v) is 0.667. The lowest BCUT2D eigenvalue weighted by Crippen LogP contribution is -2.24. The van der Waals surface area contributed by atoms with Crippen LogP contribution in [-0.2, 0) is 10.5 Å². The van der Waals surface area contributed by atoms with Crippen molar-refractivity contribution in [2.24, 2.45) is 10.1 Å². The van der Waals surface area contributed by atoms with Crippen LogP contribution in [0.15, 0.2) is 4.36 Å². The number of rotatable bonds is 5. The van der Waals surface area contributed by atoms with Crippen molar-refractivity contribution in [3.63, 3.8) is 0 Å². The van der Waals surface area contributed by atoms with Crippen LogP contribution < -0.4 is 11.1 Å². The standard InChI is InChI=1S/C4H11N3O2S/c5-1-2-6-3-4-7-10(8)9/h6H,1-5H2. The van der Waals surface area contributed by atoms with Crippen LogP contribution in [0.1, 0.15) is 0 Å². The number of hydrogen-bond acceptors (Lipinski definition) is 5. The summed E-state index contributed by atoms with van der Waals surface area (Å²) >= 11 is 0. The predicted octanol–water partition coefficient (Wildman–Crippen LogP) is -1.40. The smallest absolute Gasteiger partial charge is 0.311 e. The topological polar surface area (TPSA) is 84.5 Å². The molecule has 5 nitrogen and oxygen atoms in total. The van der Waals surface area contributed by atoms with Crippen LogP contribution in [0.3, 0.4) is 0 Å². The van der Waals surface area contributed by atoms with Crippen molar-refractivity contribution in [3.8, 4) is 0 Å². The lowest BCUT2D eigenvalue weighted by Gasteiger charge is -1.95. The van der Waals surface area contributed by atoms with Gasteiger partial charge in [-0.05, 0) is 0 Å². The first-order valence-electron chi connectivity index (χ1n) is 2.95. The zero-order chi connectivity index (χ0) is 7.82. The minimum Gasteiger partial charge on any atom is -0.329 e. The molecule has 0 heterocycles. The molecule has 60 valence electrons. The summed E-state index contributed by atoms with van der Waals surface area (Å²) in [5.74, 6) is 0. The van der Waals surface area contributed by atoms with Gasteiger partial charge in [0.1, 0.15) is 0 Å². The van der Waals surface area contributed by atoms with E-state index in [-0.39, 0.29) is 6.54 Å². The molecule has 0 saturated carbocycles. The third-order valence-electron chi connectivity index (χ3n) is 0.806. The van der Waals surface area contributed by atoms with Crippen LogP contribution in [0.5, 0.6) is 0 Å². The Morgan fingerprint density at radius 1 is 1.40 bits per heavy atom. The molecule has 0 amide bonds. The number of nitrogens with zero attached hydrogens (tertiary/aromatic N) is 1. The quantitative estimate of drug-likeness (QED) is 0.490.